The van der Waals surface area contributed by atoms with Gasteiger partial charge in [0.15, 0.2) is 0 Å². The molecule has 0 N–H and O–H groups in total. The normalized spacial score (nSPS) is 17.5. The number of thiazole rings is 1. The minimum atomic E-state index is 0.245. The van der Waals surface area contributed by atoms with Crippen molar-refractivity contribution in [3.8, 4) is 0 Å². The van der Waals surface area contributed by atoms with Crippen molar-refractivity contribution in [2.45, 2.75) is 31.7 Å². The Morgan fingerprint density at radius 2 is 1.92 bits per heavy atom. The molecule has 1 aliphatic rings. The van der Waals surface area contributed by atoms with Crippen molar-refractivity contribution in [3.63, 3.8) is 0 Å². The van der Waals surface area contributed by atoms with Gasteiger partial charge in [-0.05, 0) is 30.5 Å². The zero-order chi connectivity index (χ0) is 16.4. The number of carbonyl (C=O) groups excluding carboxylic acids is 1. The Hall–Kier alpha value is -2.20. The zero-order valence-electron chi connectivity index (χ0n) is 13.5. The molecule has 1 amide bonds. The van der Waals surface area contributed by atoms with Gasteiger partial charge in [-0.2, -0.15) is 0 Å². The molecule has 1 saturated heterocycles. The first kappa shape index (κ1) is 15.3. The first-order valence-electron chi connectivity index (χ1n) is 8.50. The summed E-state index contributed by atoms with van der Waals surface area (Å²) in [6, 6.07) is 18.8. The summed E-state index contributed by atoms with van der Waals surface area (Å²) in [6.45, 7) is 0.873. The summed E-state index contributed by atoms with van der Waals surface area (Å²) >= 11 is 1.70. The number of aromatic nitrogens is 1. The van der Waals surface area contributed by atoms with Gasteiger partial charge in [0.25, 0.3) is 0 Å². The van der Waals surface area contributed by atoms with Crippen LogP contribution in [0.15, 0.2) is 54.6 Å². The third-order valence-electron chi connectivity index (χ3n) is 4.65. The highest BCUT2D eigenvalue weighted by atomic mass is 32.1. The van der Waals surface area contributed by atoms with Gasteiger partial charge in [0.2, 0.25) is 5.91 Å². The highest BCUT2D eigenvalue weighted by Gasteiger charge is 2.29. The zero-order valence-corrected chi connectivity index (χ0v) is 14.3. The van der Waals surface area contributed by atoms with E-state index in [1.165, 1.54) is 10.3 Å². The number of rotatable bonds is 4. The summed E-state index contributed by atoms with van der Waals surface area (Å²) < 4.78 is 1.20. The molecule has 122 valence electrons. The van der Waals surface area contributed by atoms with E-state index in [1.807, 2.05) is 24.3 Å². The van der Waals surface area contributed by atoms with E-state index in [2.05, 4.69) is 40.2 Å². The second-order valence-electron chi connectivity index (χ2n) is 6.23. The number of likely N-dealkylation sites (tertiary alicyclic amines) is 1. The Labute approximate surface area is 146 Å². The Morgan fingerprint density at radius 3 is 2.75 bits per heavy atom. The molecule has 4 heteroatoms. The molecule has 2 heterocycles. The predicted molar refractivity (Wildman–Crippen MR) is 98.1 cm³/mol. The van der Waals surface area contributed by atoms with Crippen molar-refractivity contribution in [2.75, 3.05) is 6.54 Å². The fraction of sp³-hybridized carbons (Fsp3) is 0.300. The summed E-state index contributed by atoms with van der Waals surface area (Å²) in [4.78, 5) is 19.4. The van der Waals surface area contributed by atoms with Gasteiger partial charge < -0.3 is 4.90 Å². The van der Waals surface area contributed by atoms with Crippen LogP contribution in [0.25, 0.3) is 10.2 Å². The second-order valence-corrected chi connectivity index (χ2v) is 7.35. The number of carbonyl (C=O) groups is 1. The van der Waals surface area contributed by atoms with Crippen LogP contribution in [-0.2, 0) is 11.2 Å². The summed E-state index contributed by atoms with van der Waals surface area (Å²) in [5, 5.41) is 1.06. The average molecular weight is 336 g/mol. The second kappa shape index (κ2) is 6.73. The van der Waals surface area contributed by atoms with Crippen LogP contribution in [0.2, 0.25) is 0 Å². The molecule has 1 aliphatic heterocycles. The molecule has 1 atom stereocenters. The Balaban J connectivity index is 1.43. The van der Waals surface area contributed by atoms with Gasteiger partial charge in [-0.15, -0.1) is 11.3 Å². The van der Waals surface area contributed by atoms with Gasteiger partial charge >= 0.3 is 0 Å². The van der Waals surface area contributed by atoms with E-state index in [0.717, 1.165) is 36.3 Å². The van der Waals surface area contributed by atoms with Crippen LogP contribution in [-0.4, -0.2) is 22.3 Å². The summed E-state index contributed by atoms with van der Waals surface area (Å²) in [5.41, 5.74) is 2.29. The van der Waals surface area contributed by atoms with E-state index in [1.54, 1.807) is 11.3 Å². The highest BCUT2D eigenvalue weighted by Crippen LogP contribution is 2.32. The topological polar surface area (TPSA) is 33.2 Å². The molecule has 3 aromatic rings. The van der Waals surface area contributed by atoms with Crippen molar-refractivity contribution < 1.29 is 4.79 Å². The van der Waals surface area contributed by atoms with E-state index in [4.69, 9.17) is 0 Å². The lowest BCUT2D eigenvalue weighted by atomic mass is 10.0. The maximum absolute atomic E-state index is 12.7. The lowest BCUT2D eigenvalue weighted by molar-refractivity contribution is -0.132. The average Bonchev–Trinajstić information content (AvgIpc) is 3.27. The van der Waals surface area contributed by atoms with E-state index in [0.29, 0.717) is 6.42 Å². The van der Waals surface area contributed by atoms with Crippen LogP contribution in [0.5, 0.6) is 0 Å². The van der Waals surface area contributed by atoms with Crippen molar-refractivity contribution in [1.29, 1.82) is 0 Å². The molecule has 0 spiro atoms. The van der Waals surface area contributed by atoms with Gasteiger partial charge in [0.05, 0.1) is 21.3 Å². The quantitative estimate of drug-likeness (QED) is 0.698. The van der Waals surface area contributed by atoms with Gasteiger partial charge in [-0.1, -0.05) is 42.5 Å². The number of hydrogen-bond acceptors (Lipinski definition) is 3. The molecule has 0 aliphatic carbocycles. The van der Waals surface area contributed by atoms with Crippen molar-refractivity contribution >= 4 is 27.5 Å². The molecular weight excluding hydrogens is 316 g/mol. The molecule has 1 fully saturated rings. The van der Waals surface area contributed by atoms with E-state index < -0.39 is 0 Å². The predicted octanol–water partition coefficient (Wildman–Crippen LogP) is 4.59. The van der Waals surface area contributed by atoms with Gasteiger partial charge in [-0.3, -0.25) is 4.79 Å². The smallest absolute Gasteiger partial charge is 0.223 e. The molecule has 0 bridgehead atoms. The van der Waals surface area contributed by atoms with E-state index >= 15 is 0 Å². The third-order valence-corrected chi connectivity index (χ3v) is 5.74. The number of amides is 1. The largest absolute Gasteiger partial charge is 0.336 e. The van der Waals surface area contributed by atoms with Crippen LogP contribution >= 0.6 is 11.3 Å². The molecule has 0 saturated carbocycles. The van der Waals surface area contributed by atoms with Gasteiger partial charge in [0.1, 0.15) is 0 Å². The summed E-state index contributed by atoms with van der Waals surface area (Å²) in [6.07, 6.45) is 3.43. The molecule has 24 heavy (non-hydrogen) atoms. The maximum Gasteiger partial charge on any atom is 0.223 e. The van der Waals surface area contributed by atoms with Crippen LogP contribution in [0, 0.1) is 0 Å². The lowest BCUT2D eigenvalue weighted by Crippen LogP contribution is -2.30. The minimum absolute atomic E-state index is 0.245. The standard InChI is InChI=1S/C20H20N2OS/c23-20(13-12-19-21-16-9-4-5-11-18(16)24-19)22-14-6-10-17(22)15-7-2-1-3-8-15/h1-5,7-9,11,17H,6,10,12-14H2/t17-/m0/s1. The number of nitrogens with zero attached hydrogens (tertiary/aromatic N) is 2. The molecule has 3 nitrogen and oxygen atoms in total. The van der Waals surface area contributed by atoms with Crippen molar-refractivity contribution in [1.82, 2.24) is 9.88 Å². The molecule has 1 aromatic heterocycles. The maximum atomic E-state index is 12.7. The number of benzene rings is 2. The SMILES string of the molecule is O=C(CCc1nc2ccccc2s1)N1CCC[C@H]1c1ccccc1. The number of aryl methyl sites for hydroxylation is 1. The van der Waals surface area contributed by atoms with Crippen LogP contribution in [0.4, 0.5) is 0 Å². The summed E-state index contributed by atoms with van der Waals surface area (Å²) in [5.74, 6) is 0.251. The molecular formula is C20H20N2OS. The summed E-state index contributed by atoms with van der Waals surface area (Å²) in [7, 11) is 0. The Kier molecular flexibility index (Phi) is 4.30. The van der Waals surface area contributed by atoms with Crippen molar-refractivity contribution in [3.05, 3.63) is 65.2 Å². The Bertz CT molecular complexity index is 810. The van der Waals surface area contributed by atoms with Crippen LogP contribution < -0.4 is 0 Å². The van der Waals surface area contributed by atoms with Crippen molar-refractivity contribution in [2.24, 2.45) is 0 Å². The lowest BCUT2D eigenvalue weighted by Gasteiger charge is -2.25. The number of hydrogen-bond donors (Lipinski definition) is 0. The fourth-order valence-corrected chi connectivity index (χ4v) is 4.44. The van der Waals surface area contributed by atoms with E-state index in [-0.39, 0.29) is 11.9 Å². The number of para-hydroxylation sites is 1. The first-order chi connectivity index (χ1) is 11.8. The van der Waals surface area contributed by atoms with Gasteiger partial charge in [-0.25, -0.2) is 4.98 Å². The molecule has 4 rings (SSSR count). The monoisotopic (exact) mass is 336 g/mol. The fourth-order valence-electron chi connectivity index (χ4n) is 3.47. The molecule has 0 unspecified atom stereocenters. The Morgan fingerprint density at radius 1 is 1.12 bits per heavy atom. The molecule has 0 radical (unpaired) electrons. The molecule has 2 aromatic carbocycles. The minimum Gasteiger partial charge on any atom is -0.336 e. The van der Waals surface area contributed by atoms with Crippen LogP contribution in [0.1, 0.15) is 35.9 Å². The van der Waals surface area contributed by atoms with E-state index in [9.17, 15) is 4.79 Å². The first-order valence-corrected chi connectivity index (χ1v) is 9.32. The van der Waals surface area contributed by atoms with Crippen LogP contribution in [0.3, 0.4) is 0 Å². The third kappa shape index (κ3) is 3.06. The number of fused-ring (bicyclic) bond motifs is 1. The van der Waals surface area contributed by atoms with Gasteiger partial charge in [0, 0.05) is 19.4 Å². The highest BCUT2D eigenvalue weighted by molar-refractivity contribution is 7.18.